The van der Waals surface area contributed by atoms with Crippen molar-refractivity contribution in [2.24, 2.45) is 5.73 Å². The summed E-state index contributed by atoms with van der Waals surface area (Å²) in [5.74, 6) is 0.139. The lowest BCUT2D eigenvalue weighted by molar-refractivity contribution is 0.0995. The predicted octanol–water partition coefficient (Wildman–Crippen LogP) is 0.647. The van der Waals surface area contributed by atoms with Gasteiger partial charge in [-0.2, -0.15) is 5.10 Å². The molecule has 2 heterocycles. The largest absolute Gasteiger partial charge is 0.364 e. The fourth-order valence-corrected chi connectivity index (χ4v) is 1.67. The molecule has 1 atom stereocenters. The standard InChI is InChI=1S/C12H15N5O/c1-8(14-2)9-4-3-6-15-12(9)17-7-5-10(16-17)11(13)18/h3-8,14H,1-2H3,(H2,13,18). The highest BCUT2D eigenvalue weighted by Gasteiger charge is 2.13. The normalized spacial score (nSPS) is 12.3. The molecule has 0 spiro atoms. The third-order valence-electron chi connectivity index (χ3n) is 2.77. The topological polar surface area (TPSA) is 85.8 Å². The second-order valence-corrected chi connectivity index (χ2v) is 3.94. The van der Waals surface area contributed by atoms with Gasteiger partial charge >= 0.3 is 0 Å². The lowest BCUT2D eigenvalue weighted by atomic mass is 10.1. The minimum Gasteiger partial charge on any atom is -0.364 e. The molecule has 0 radical (unpaired) electrons. The smallest absolute Gasteiger partial charge is 0.269 e. The van der Waals surface area contributed by atoms with Crippen molar-refractivity contribution in [3.63, 3.8) is 0 Å². The van der Waals surface area contributed by atoms with E-state index in [0.29, 0.717) is 5.82 Å². The number of carbonyl (C=O) groups is 1. The molecule has 2 aromatic rings. The fraction of sp³-hybridized carbons (Fsp3) is 0.250. The third kappa shape index (κ3) is 2.23. The molecule has 0 bridgehead atoms. The van der Waals surface area contributed by atoms with Crippen LogP contribution in [0, 0.1) is 0 Å². The third-order valence-corrected chi connectivity index (χ3v) is 2.77. The van der Waals surface area contributed by atoms with Gasteiger partial charge in [-0.05, 0) is 26.1 Å². The highest BCUT2D eigenvalue weighted by Crippen LogP contribution is 2.18. The number of pyridine rings is 1. The van der Waals surface area contributed by atoms with Crippen molar-refractivity contribution < 1.29 is 4.79 Å². The molecule has 1 amide bonds. The summed E-state index contributed by atoms with van der Waals surface area (Å²) < 4.78 is 1.56. The number of nitrogens with two attached hydrogens (primary N) is 1. The lowest BCUT2D eigenvalue weighted by Crippen LogP contribution is -2.17. The average Bonchev–Trinajstić information content (AvgIpc) is 2.87. The summed E-state index contributed by atoms with van der Waals surface area (Å²) in [6.07, 6.45) is 3.36. The van der Waals surface area contributed by atoms with Crippen molar-refractivity contribution in [1.29, 1.82) is 0 Å². The molecule has 0 aliphatic rings. The van der Waals surface area contributed by atoms with Crippen molar-refractivity contribution in [2.75, 3.05) is 7.05 Å². The molecule has 6 heteroatoms. The second kappa shape index (κ2) is 4.97. The Hall–Kier alpha value is -2.21. The number of nitrogens with zero attached hydrogens (tertiary/aromatic N) is 3. The molecular weight excluding hydrogens is 230 g/mol. The van der Waals surface area contributed by atoms with Crippen LogP contribution >= 0.6 is 0 Å². The van der Waals surface area contributed by atoms with E-state index in [0.717, 1.165) is 5.56 Å². The van der Waals surface area contributed by atoms with Crippen LogP contribution in [0.5, 0.6) is 0 Å². The zero-order valence-electron chi connectivity index (χ0n) is 10.3. The first-order valence-electron chi connectivity index (χ1n) is 5.61. The molecule has 6 nitrogen and oxygen atoms in total. The van der Waals surface area contributed by atoms with Gasteiger partial charge < -0.3 is 11.1 Å². The van der Waals surface area contributed by atoms with Crippen molar-refractivity contribution in [3.8, 4) is 5.82 Å². The van der Waals surface area contributed by atoms with Crippen LogP contribution in [-0.4, -0.2) is 27.7 Å². The predicted molar refractivity (Wildman–Crippen MR) is 67.4 cm³/mol. The van der Waals surface area contributed by atoms with Crippen LogP contribution in [0.2, 0.25) is 0 Å². The zero-order chi connectivity index (χ0) is 13.1. The molecule has 0 aliphatic heterocycles. The highest BCUT2D eigenvalue weighted by molar-refractivity contribution is 5.90. The number of primary amides is 1. The number of hydrogen-bond donors (Lipinski definition) is 2. The van der Waals surface area contributed by atoms with E-state index in [1.54, 1.807) is 23.1 Å². The summed E-state index contributed by atoms with van der Waals surface area (Å²) in [6, 6.07) is 5.54. The van der Waals surface area contributed by atoms with E-state index in [-0.39, 0.29) is 11.7 Å². The number of rotatable bonds is 4. The Labute approximate surface area is 105 Å². The molecule has 0 aliphatic carbocycles. The van der Waals surface area contributed by atoms with Gasteiger partial charge in [-0.15, -0.1) is 0 Å². The number of aromatic nitrogens is 3. The first kappa shape index (κ1) is 12.3. The summed E-state index contributed by atoms with van der Waals surface area (Å²) in [7, 11) is 1.87. The van der Waals surface area contributed by atoms with E-state index in [1.165, 1.54) is 0 Å². The van der Waals surface area contributed by atoms with Crippen LogP contribution in [0.1, 0.15) is 29.0 Å². The van der Waals surface area contributed by atoms with Crippen LogP contribution in [0.15, 0.2) is 30.6 Å². The summed E-state index contributed by atoms with van der Waals surface area (Å²) in [4.78, 5) is 15.3. The minimum atomic E-state index is -0.548. The van der Waals surface area contributed by atoms with Crippen molar-refractivity contribution in [2.45, 2.75) is 13.0 Å². The van der Waals surface area contributed by atoms with E-state index < -0.39 is 5.91 Å². The first-order valence-corrected chi connectivity index (χ1v) is 5.61. The van der Waals surface area contributed by atoms with Crippen LogP contribution in [0.25, 0.3) is 5.82 Å². The Morgan fingerprint density at radius 2 is 2.28 bits per heavy atom. The number of amides is 1. The van der Waals surface area contributed by atoms with Crippen LogP contribution < -0.4 is 11.1 Å². The van der Waals surface area contributed by atoms with E-state index in [1.807, 2.05) is 26.1 Å². The monoisotopic (exact) mass is 245 g/mol. The summed E-state index contributed by atoms with van der Waals surface area (Å²) >= 11 is 0. The zero-order valence-corrected chi connectivity index (χ0v) is 10.3. The van der Waals surface area contributed by atoms with E-state index in [9.17, 15) is 4.79 Å². The van der Waals surface area contributed by atoms with Crippen LogP contribution in [-0.2, 0) is 0 Å². The Morgan fingerprint density at radius 3 is 2.89 bits per heavy atom. The molecule has 0 fully saturated rings. The molecule has 0 aromatic carbocycles. The van der Waals surface area contributed by atoms with Gasteiger partial charge in [-0.1, -0.05) is 6.07 Å². The van der Waals surface area contributed by atoms with E-state index >= 15 is 0 Å². The molecular formula is C12H15N5O. The van der Waals surface area contributed by atoms with Gasteiger partial charge in [-0.3, -0.25) is 4.79 Å². The molecule has 3 N–H and O–H groups in total. The maximum Gasteiger partial charge on any atom is 0.269 e. The summed E-state index contributed by atoms with van der Waals surface area (Å²) in [5.41, 5.74) is 6.41. The number of nitrogens with one attached hydrogen (secondary N) is 1. The first-order chi connectivity index (χ1) is 8.63. The van der Waals surface area contributed by atoms with Gasteiger partial charge in [0.25, 0.3) is 5.91 Å². The SMILES string of the molecule is CNC(C)c1cccnc1-n1ccc(C(N)=O)n1. The summed E-state index contributed by atoms with van der Waals surface area (Å²) in [5, 5.41) is 7.26. The molecule has 2 rings (SSSR count). The summed E-state index contributed by atoms with van der Waals surface area (Å²) in [6.45, 7) is 2.03. The van der Waals surface area contributed by atoms with Gasteiger partial charge in [0.2, 0.25) is 0 Å². The van der Waals surface area contributed by atoms with Crippen molar-refractivity contribution in [3.05, 3.63) is 41.9 Å². The lowest BCUT2D eigenvalue weighted by Gasteiger charge is -2.14. The molecule has 2 aromatic heterocycles. The highest BCUT2D eigenvalue weighted by atomic mass is 16.1. The van der Waals surface area contributed by atoms with Gasteiger partial charge in [-0.25, -0.2) is 9.67 Å². The van der Waals surface area contributed by atoms with Gasteiger partial charge in [0.05, 0.1) is 0 Å². The molecule has 0 saturated carbocycles. The van der Waals surface area contributed by atoms with Crippen molar-refractivity contribution >= 4 is 5.91 Å². The second-order valence-electron chi connectivity index (χ2n) is 3.94. The quantitative estimate of drug-likeness (QED) is 0.828. The Balaban J connectivity index is 2.46. The maximum atomic E-state index is 11.0. The molecule has 18 heavy (non-hydrogen) atoms. The Kier molecular flexibility index (Phi) is 3.38. The molecule has 94 valence electrons. The molecule has 0 saturated heterocycles. The number of hydrogen-bond acceptors (Lipinski definition) is 4. The Morgan fingerprint density at radius 1 is 1.50 bits per heavy atom. The Bertz CT molecular complexity index is 563. The van der Waals surface area contributed by atoms with Crippen LogP contribution in [0.4, 0.5) is 0 Å². The van der Waals surface area contributed by atoms with Gasteiger partial charge in [0.15, 0.2) is 5.82 Å². The van der Waals surface area contributed by atoms with Crippen molar-refractivity contribution in [1.82, 2.24) is 20.1 Å². The van der Waals surface area contributed by atoms with E-state index in [4.69, 9.17) is 5.73 Å². The van der Waals surface area contributed by atoms with Crippen LogP contribution in [0.3, 0.4) is 0 Å². The maximum absolute atomic E-state index is 11.0. The average molecular weight is 245 g/mol. The van der Waals surface area contributed by atoms with E-state index in [2.05, 4.69) is 15.4 Å². The van der Waals surface area contributed by atoms with Gasteiger partial charge in [0, 0.05) is 24.0 Å². The van der Waals surface area contributed by atoms with Gasteiger partial charge in [0.1, 0.15) is 5.69 Å². The minimum absolute atomic E-state index is 0.134. The fourth-order valence-electron chi connectivity index (χ4n) is 1.67. The molecule has 1 unspecified atom stereocenters. The number of carbonyl (C=O) groups excluding carboxylic acids is 1.